The van der Waals surface area contributed by atoms with Crippen LogP contribution in [0.25, 0.3) is 0 Å². The lowest BCUT2D eigenvalue weighted by Gasteiger charge is -2.18. The molecule has 0 bridgehead atoms. The monoisotopic (exact) mass is 233 g/mol. The van der Waals surface area contributed by atoms with Crippen molar-refractivity contribution in [1.29, 1.82) is 5.26 Å². The number of nitriles is 1. The van der Waals surface area contributed by atoms with Crippen molar-refractivity contribution in [1.82, 2.24) is 9.88 Å². The van der Waals surface area contributed by atoms with Crippen LogP contribution in [0.15, 0.2) is 12.1 Å². The summed E-state index contributed by atoms with van der Waals surface area (Å²) in [6, 6.07) is 6.01. The third kappa shape index (κ3) is 4.41. The Hall–Kier alpha value is -1.60. The van der Waals surface area contributed by atoms with Crippen LogP contribution in [0.2, 0.25) is 0 Å². The number of hydrogen-bond donors (Lipinski definition) is 0. The zero-order valence-electron chi connectivity index (χ0n) is 10.7. The molecule has 0 aromatic carbocycles. The first-order chi connectivity index (χ1) is 8.19. The normalized spacial score (nSPS) is 10.3. The zero-order valence-corrected chi connectivity index (χ0v) is 10.7. The summed E-state index contributed by atoms with van der Waals surface area (Å²) in [6.45, 7) is 6.09. The predicted molar refractivity (Wildman–Crippen MR) is 66.7 cm³/mol. The van der Waals surface area contributed by atoms with E-state index < -0.39 is 0 Å². The van der Waals surface area contributed by atoms with Gasteiger partial charge in [-0.15, -0.1) is 0 Å². The van der Waals surface area contributed by atoms with Crippen LogP contribution < -0.4 is 4.74 Å². The minimum Gasteiger partial charge on any atom is -0.497 e. The lowest BCUT2D eigenvalue weighted by atomic mass is 10.2. The van der Waals surface area contributed by atoms with Crippen molar-refractivity contribution in [3.63, 3.8) is 0 Å². The van der Waals surface area contributed by atoms with Gasteiger partial charge in [0.1, 0.15) is 5.75 Å². The molecule has 0 saturated heterocycles. The molecule has 0 amide bonds. The molecule has 0 aliphatic rings. The molecule has 0 radical (unpaired) electrons. The largest absolute Gasteiger partial charge is 0.497 e. The highest BCUT2D eigenvalue weighted by Gasteiger charge is 2.07. The fourth-order valence-corrected chi connectivity index (χ4v) is 1.76. The van der Waals surface area contributed by atoms with Gasteiger partial charge in [0.25, 0.3) is 0 Å². The number of pyridine rings is 1. The lowest BCUT2D eigenvalue weighted by molar-refractivity contribution is 0.294. The maximum Gasteiger partial charge on any atom is 0.122 e. The number of aryl methyl sites for hydroxylation is 1. The van der Waals surface area contributed by atoms with E-state index in [1.165, 1.54) is 0 Å². The Morgan fingerprint density at radius 2 is 2.24 bits per heavy atom. The summed E-state index contributed by atoms with van der Waals surface area (Å²) in [5.41, 5.74) is 1.89. The Bertz CT molecular complexity index is 398. The van der Waals surface area contributed by atoms with Crippen LogP contribution in [0.3, 0.4) is 0 Å². The van der Waals surface area contributed by atoms with Gasteiger partial charge in [-0.05, 0) is 19.9 Å². The summed E-state index contributed by atoms with van der Waals surface area (Å²) < 4.78 is 5.21. The molecule has 0 spiro atoms. The van der Waals surface area contributed by atoms with Gasteiger partial charge < -0.3 is 4.74 Å². The number of nitrogens with zero attached hydrogens (tertiary/aromatic N) is 3. The van der Waals surface area contributed by atoms with Crippen LogP contribution in [0.4, 0.5) is 0 Å². The summed E-state index contributed by atoms with van der Waals surface area (Å²) in [7, 11) is 1.65. The number of hydrogen-bond acceptors (Lipinski definition) is 4. The lowest BCUT2D eigenvalue weighted by Crippen LogP contribution is -2.25. The average molecular weight is 233 g/mol. The minimum atomic E-state index is 0.436. The van der Waals surface area contributed by atoms with Gasteiger partial charge in [-0.2, -0.15) is 5.26 Å². The molecule has 0 unspecified atom stereocenters. The highest BCUT2D eigenvalue weighted by atomic mass is 16.5. The number of methoxy groups -OCH3 is 1. The summed E-state index contributed by atoms with van der Waals surface area (Å²) in [6.07, 6.45) is 1.03. The van der Waals surface area contributed by atoms with Crippen LogP contribution in [-0.4, -0.2) is 30.1 Å². The molecule has 4 nitrogen and oxygen atoms in total. The van der Waals surface area contributed by atoms with Crippen LogP contribution >= 0.6 is 0 Å². The van der Waals surface area contributed by atoms with E-state index in [0.717, 1.165) is 30.1 Å². The SMILES string of the molecule is CCCN(CC#N)Cc1cc(OC)cc(C)n1. The van der Waals surface area contributed by atoms with Gasteiger partial charge in [0.05, 0.1) is 25.4 Å². The Labute approximate surface area is 103 Å². The molecule has 1 aromatic heterocycles. The molecule has 0 aliphatic heterocycles. The molecular weight excluding hydrogens is 214 g/mol. The Kier molecular flexibility index (Phi) is 5.44. The quantitative estimate of drug-likeness (QED) is 0.706. The second-order valence-electron chi connectivity index (χ2n) is 4.01. The van der Waals surface area contributed by atoms with Gasteiger partial charge in [-0.3, -0.25) is 9.88 Å². The minimum absolute atomic E-state index is 0.436. The van der Waals surface area contributed by atoms with Gasteiger partial charge in [0, 0.05) is 24.4 Å². The van der Waals surface area contributed by atoms with Gasteiger partial charge in [-0.25, -0.2) is 0 Å². The third-order valence-electron chi connectivity index (χ3n) is 2.44. The molecule has 0 saturated carbocycles. The van der Waals surface area contributed by atoms with E-state index in [1.54, 1.807) is 7.11 Å². The second-order valence-corrected chi connectivity index (χ2v) is 4.01. The molecule has 1 heterocycles. The number of aromatic nitrogens is 1. The maximum atomic E-state index is 8.76. The average Bonchev–Trinajstić information content (AvgIpc) is 2.29. The first-order valence-electron chi connectivity index (χ1n) is 5.80. The highest BCUT2D eigenvalue weighted by Crippen LogP contribution is 2.14. The Morgan fingerprint density at radius 1 is 1.47 bits per heavy atom. The van der Waals surface area contributed by atoms with Crippen LogP contribution in [0.5, 0.6) is 5.75 Å². The van der Waals surface area contributed by atoms with Gasteiger partial charge in [-0.1, -0.05) is 6.92 Å². The van der Waals surface area contributed by atoms with Crippen molar-refractivity contribution in [3.05, 3.63) is 23.5 Å². The van der Waals surface area contributed by atoms with Crippen molar-refractivity contribution in [3.8, 4) is 11.8 Å². The molecule has 17 heavy (non-hydrogen) atoms. The van der Waals surface area contributed by atoms with E-state index in [0.29, 0.717) is 13.1 Å². The van der Waals surface area contributed by atoms with E-state index in [4.69, 9.17) is 10.00 Å². The maximum absolute atomic E-state index is 8.76. The van der Waals surface area contributed by atoms with Crippen molar-refractivity contribution >= 4 is 0 Å². The molecule has 1 rings (SSSR count). The molecular formula is C13H19N3O. The molecule has 92 valence electrons. The van der Waals surface area contributed by atoms with Crippen molar-refractivity contribution in [2.45, 2.75) is 26.8 Å². The predicted octanol–water partition coefficient (Wildman–Crippen LogP) is 2.13. The molecule has 0 aliphatic carbocycles. The summed E-state index contributed by atoms with van der Waals surface area (Å²) in [5.74, 6) is 0.820. The third-order valence-corrected chi connectivity index (χ3v) is 2.44. The Balaban J connectivity index is 2.77. The smallest absolute Gasteiger partial charge is 0.122 e. The molecule has 0 fully saturated rings. The molecule has 0 atom stereocenters. The van der Waals surface area contributed by atoms with E-state index >= 15 is 0 Å². The topological polar surface area (TPSA) is 49.2 Å². The van der Waals surface area contributed by atoms with Crippen LogP contribution in [0, 0.1) is 18.3 Å². The van der Waals surface area contributed by atoms with Gasteiger partial charge in [0.2, 0.25) is 0 Å². The number of ether oxygens (including phenoxy) is 1. The second kappa shape index (κ2) is 6.87. The van der Waals surface area contributed by atoms with Crippen molar-refractivity contribution in [2.75, 3.05) is 20.2 Å². The Morgan fingerprint density at radius 3 is 2.82 bits per heavy atom. The van der Waals surface area contributed by atoms with Crippen molar-refractivity contribution < 1.29 is 4.74 Å². The standard InChI is InChI=1S/C13H19N3O/c1-4-6-16(7-5-14)10-12-9-13(17-3)8-11(2)15-12/h8-9H,4,6-7,10H2,1-3H3. The first kappa shape index (κ1) is 13.5. The van der Waals surface area contributed by atoms with Gasteiger partial charge in [0.15, 0.2) is 0 Å². The van der Waals surface area contributed by atoms with Crippen LogP contribution in [0.1, 0.15) is 24.7 Å². The first-order valence-corrected chi connectivity index (χ1v) is 5.80. The molecule has 4 heteroatoms. The number of rotatable bonds is 6. The summed E-state index contributed by atoms with van der Waals surface area (Å²) >= 11 is 0. The highest BCUT2D eigenvalue weighted by molar-refractivity contribution is 5.26. The van der Waals surface area contributed by atoms with E-state index in [1.807, 2.05) is 19.1 Å². The molecule has 1 aromatic rings. The van der Waals surface area contributed by atoms with E-state index in [2.05, 4.69) is 22.9 Å². The summed E-state index contributed by atoms with van der Waals surface area (Å²) in [4.78, 5) is 6.54. The van der Waals surface area contributed by atoms with Crippen LogP contribution in [-0.2, 0) is 6.54 Å². The summed E-state index contributed by atoms with van der Waals surface area (Å²) in [5, 5.41) is 8.76. The fourth-order valence-electron chi connectivity index (χ4n) is 1.76. The zero-order chi connectivity index (χ0) is 12.7. The van der Waals surface area contributed by atoms with Gasteiger partial charge >= 0.3 is 0 Å². The van der Waals surface area contributed by atoms with E-state index in [-0.39, 0.29) is 0 Å². The molecule has 0 N–H and O–H groups in total. The van der Waals surface area contributed by atoms with Crippen molar-refractivity contribution in [2.24, 2.45) is 0 Å². The fraction of sp³-hybridized carbons (Fsp3) is 0.538. The van der Waals surface area contributed by atoms with E-state index in [9.17, 15) is 0 Å².